The van der Waals surface area contributed by atoms with Crippen LogP contribution in [0.4, 0.5) is 0 Å². The molecule has 0 spiro atoms. The Morgan fingerprint density at radius 3 is 2.83 bits per heavy atom. The maximum atomic E-state index is 11.9. The number of nitrogens with one attached hydrogen (secondary N) is 2. The minimum absolute atomic E-state index is 0.122. The predicted octanol–water partition coefficient (Wildman–Crippen LogP) is 1.48. The second-order valence-corrected chi connectivity index (χ2v) is 7.72. The SMILES string of the molecule is CCc1ccc(CNS(=O)(=O)CC2CCCN2)s1. The number of hydrogen-bond acceptors (Lipinski definition) is 4. The molecule has 1 aromatic rings. The number of rotatable bonds is 6. The van der Waals surface area contributed by atoms with Gasteiger partial charge in [0.05, 0.1) is 5.75 Å². The van der Waals surface area contributed by atoms with Crippen LogP contribution in [0, 0.1) is 0 Å². The zero-order valence-corrected chi connectivity index (χ0v) is 12.2. The van der Waals surface area contributed by atoms with Crippen LogP contribution in [-0.4, -0.2) is 26.8 Å². The third kappa shape index (κ3) is 4.05. The highest BCUT2D eigenvalue weighted by Crippen LogP contribution is 2.17. The van der Waals surface area contributed by atoms with E-state index in [1.165, 1.54) is 4.88 Å². The van der Waals surface area contributed by atoms with Crippen molar-refractivity contribution in [2.45, 2.75) is 38.8 Å². The Morgan fingerprint density at radius 2 is 2.22 bits per heavy atom. The lowest BCUT2D eigenvalue weighted by molar-refractivity contribution is 0.564. The van der Waals surface area contributed by atoms with Crippen molar-refractivity contribution in [3.05, 3.63) is 21.9 Å². The molecule has 1 saturated heterocycles. The third-order valence-electron chi connectivity index (χ3n) is 3.12. The van der Waals surface area contributed by atoms with Gasteiger partial charge in [-0.05, 0) is 37.9 Å². The van der Waals surface area contributed by atoms with E-state index in [9.17, 15) is 8.42 Å². The molecule has 1 atom stereocenters. The summed E-state index contributed by atoms with van der Waals surface area (Å²) in [6.45, 7) is 3.45. The second kappa shape index (κ2) is 6.14. The molecule has 18 heavy (non-hydrogen) atoms. The van der Waals surface area contributed by atoms with E-state index in [-0.39, 0.29) is 11.8 Å². The summed E-state index contributed by atoms with van der Waals surface area (Å²) in [5, 5.41) is 3.21. The molecule has 1 unspecified atom stereocenters. The van der Waals surface area contributed by atoms with Crippen LogP contribution in [0.3, 0.4) is 0 Å². The van der Waals surface area contributed by atoms with Gasteiger partial charge < -0.3 is 5.32 Å². The molecule has 0 bridgehead atoms. The standard InChI is InChI=1S/C12H20N2O2S2/c1-2-11-5-6-12(17-11)8-14-18(15,16)9-10-4-3-7-13-10/h5-6,10,13-14H,2-4,7-9H2,1H3. The van der Waals surface area contributed by atoms with Gasteiger partial charge in [-0.2, -0.15) is 0 Å². The molecular weight excluding hydrogens is 268 g/mol. The molecule has 2 N–H and O–H groups in total. The molecule has 0 radical (unpaired) electrons. The Labute approximate surface area is 113 Å². The van der Waals surface area contributed by atoms with E-state index in [4.69, 9.17) is 0 Å². The lowest BCUT2D eigenvalue weighted by Crippen LogP contribution is -2.36. The Balaban J connectivity index is 1.84. The summed E-state index contributed by atoms with van der Waals surface area (Å²) in [4.78, 5) is 2.37. The van der Waals surface area contributed by atoms with Crippen molar-refractivity contribution < 1.29 is 8.42 Å². The van der Waals surface area contributed by atoms with Gasteiger partial charge in [0.25, 0.3) is 0 Å². The van der Waals surface area contributed by atoms with Crippen molar-refractivity contribution in [2.75, 3.05) is 12.3 Å². The smallest absolute Gasteiger partial charge is 0.213 e. The summed E-state index contributed by atoms with van der Waals surface area (Å²) in [5.41, 5.74) is 0. The molecule has 6 heteroatoms. The number of aryl methyl sites for hydroxylation is 1. The van der Waals surface area contributed by atoms with E-state index in [2.05, 4.69) is 23.0 Å². The highest BCUT2D eigenvalue weighted by Gasteiger charge is 2.21. The Hall–Kier alpha value is -0.430. The fourth-order valence-electron chi connectivity index (χ4n) is 2.11. The first kappa shape index (κ1) is 14.0. The maximum absolute atomic E-state index is 11.9. The van der Waals surface area contributed by atoms with E-state index in [0.717, 1.165) is 30.7 Å². The molecule has 1 aliphatic heterocycles. The number of sulfonamides is 1. The lowest BCUT2D eigenvalue weighted by atomic mass is 10.3. The van der Waals surface area contributed by atoms with Gasteiger partial charge in [0.2, 0.25) is 10.0 Å². The summed E-state index contributed by atoms with van der Waals surface area (Å²) in [6, 6.07) is 4.18. The molecule has 1 aliphatic rings. The quantitative estimate of drug-likeness (QED) is 0.833. The van der Waals surface area contributed by atoms with Crippen LogP contribution in [0.1, 0.15) is 29.5 Å². The summed E-state index contributed by atoms with van der Waals surface area (Å²) < 4.78 is 26.5. The minimum Gasteiger partial charge on any atom is -0.313 e. The fraction of sp³-hybridized carbons (Fsp3) is 0.667. The Morgan fingerprint density at radius 1 is 1.44 bits per heavy atom. The van der Waals surface area contributed by atoms with E-state index >= 15 is 0 Å². The van der Waals surface area contributed by atoms with Gasteiger partial charge in [0, 0.05) is 22.3 Å². The van der Waals surface area contributed by atoms with Gasteiger partial charge in [-0.1, -0.05) is 6.92 Å². The van der Waals surface area contributed by atoms with Crippen LogP contribution in [0.5, 0.6) is 0 Å². The molecule has 1 aromatic heterocycles. The van der Waals surface area contributed by atoms with Crippen molar-refractivity contribution in [2.24, 2.45) is 0 Å². The van der Waals surface area contributed by atoms with E-state index in [1.807, 2.05) is 6.07 Å². The van der Waals surface area contributed by atoms with Gasteiger partial charge in [-0.25, -0.2) is 13.1 Å². The molecular formula is C12H20N2O2S2. The van der Waals surface area contributed by atoms with Crippen LogP contribution in [0.25, 0.3) is 0 Å². The van der Waals surface area contributed by atoms with E-state index in [0.29, 0.717) is 6.54 Å². The molecule has 102 valence electrons. The van der Waals surface area contributed by atoms with Crippen molar-refractivity contribution in [1.29, 1.82) is 0 Å². The van der Waals surface area contributed by atoms with E-state index < -0.39 is 10.0 Å². The predicted molar refractivity (Wildman–Crippen MR) is 75.3 cm³/mol. The first-order valence-corrected chi connectivity index (χ1v) is 8.84. The van der Waals surface area contributed by atoms with Crippen LogP contribution in [-0.2, 0) is 23.0 Å². The molecule has 0 aromatic carbocycles. The number of hydrogen-bond donors (Lipinski definition) is 2. The third-order valence-corrected chi connectivity index (χ3v) is 5.77. The second-order valence-electron chi connectivity index (χ2n) is 4.62. The molecule has 0 aliphatic carbocycles. The summed E-state index contributed by atoms with van der Waals surface area (Å²) in [7, 11) is -3.17. The van der Waals surface area contributed by atoms with Crippen LogP contribution >= 0.6 is 11.3 Å². The van der Waals surface area contributed by atoms with Gasteiger partial charge in [0.15, 0.2) is 0 Å². The largest absolute Gasteiger partial charge is 0.313 e. The van der Waals surface area contributed by atoms with Gasteiger partial charge in [-0.3, -0.25) is 0 Å². The van der Waals surface area contributed by atoms with Gasteiger partial charge >= 0.3 is 0 Å². The van der Waals surface area contributed by atoms with Crippen molar-refractivity contribution in [3.8, 4) is 0 Å². The summed E-state index contributed by atoms with van der Waals surface area (Å²) >= 11 is 1.67. The van der Waals surface area contributed by atoms with Gasteiger partial charge in [0.1, 0.15) is 0 Å². The fourth-order valence-corrected chi connectivity index (χ4v) is 4.41. The first-order valence-electron chi connectivity index (χ1n) is 6.37. The highest BCUT2D eigenvalue weighted by molar-refractivity contribution is 7.89. The van der Waals surface area contributed by atoms with Crippen LogP contribution in [0.15, 0.2) is 12.1 Å². The molecule has 2 rings (SSSR count). The lowest BCUT2D eigenvalue weighted by Gasteiger charge is -2.11. The van der Waals surface area contributed by atoms with E-state index in [1.54, 1.807) is 11.3 Å². The highest BCUT2D eigenvalue weighted by atomic mass is 32.2. The zero-order valence-electron chi connectivity index (χ0n) is 10.6. The average molecular weight is 288 g/mol. The van der Waals surface area contributed by atoms with Gasteiger partial charge in [-0.15, -0.1) is 11.3 Å². The van der Waals surface area contributed by atoms with Crippen molar-refractivity contribution >= 4 is 21.4 Å². The zero-order chi connectivity index (χ0) is 13.0. The van der Waals surface area contributed by atoms with Crippen LogP contribution in [0.2, 0.25) is 0 Å². The monoisotopic (exact) mass is 288 g/mol. The maximum Gasteiger partial charge on any atom is 0.213 e. The molecule has 0 saturated carbocycles. The minimum atomic E-state index is -3.17. The Bertz CT molecular complexity index is 476. The van der Waals surface area contributed by atoms with Crippen LogP contribution < -0.4 is 10.0 Å². The summed E-state index contributed by atoms with van der Waals surface area (Å²) in [5.74, 6) is 0.193. The summed E-state index contributed by atoms with van der Waals surface area (Å²) in [6.07, 6.45) is 3.04. The first-order chi connectivity index (χ1) is 8.59. The Kier molecular flexibility index (Phi) is 4.77. The normalized spacial score (nSPS) is 20.4. The van der Waals surface area contributed by atoms with Crippen molar-refractivity contribution in [3.63, 3.8) is 0 Å². The molecule has 1 fully saturated rings. The number of thiophene rings is 1. The molecule has 4 nitrogen and oxygen atoms in total. The average Bonchev–Trinajstić information content (AvgIpc) is 2.96. The topological polar surface area (TPSA) is 58.2 Å². The molecule has 0 amide bonds. The molecule has 2 heterocycles. The van der Waals surface area contributed by atoms with Crippen molar-refractivity contribution in [1.82, 2.24) is 10.0 Å².